The zero-order valence-electron chi connectivity index (χ0n) is 27.5. The third-order valence-electron chi connectivity index (χ3n) is 8.70. The maximum atomic E-state index is 13.7. The lowest BCUT2D eigenvalue weighted by Gasteiger charge is -2.41. The summed E-state index contributed by atoms with van der Waals surface area (Å²) in [5.74, 6) is -5.13. The average molecular weight is 536 g/mol. The number of aromatic nitrogens is 3. The number of hydrogen-bond donors (Lipinski definition) is 2. The number of nitrogens with one attached hydrogen (secondary N) is 1. The van der Waals surface area contributed by atoms with Crippen LogP contribution in [0.4, 0.5) is 8.78 Å². The van der Waals surface area contributed by atoms with Crippen molar-refractivity contribution in [2.45, 2.75) is 114 Å². The molecule has 1 aromatic heterocycles. The molecule has 3 fully saturated rings. The fraction of sp³-hybridized carbons (Fsp3) is 0.690. The lowest BCUT2D eigenvalue weighted by atomic mass is 9.86. The number of piperidine rings is 1. The molecule has 2 bridgehead atoms. The number of benzene rings is 1. The lowest BCUT2D eigenvalue weighted by molar-refractivity contribution is -0.130. The van der Waals surface area contributed by atoms with E-state index in [9.17, 15) is 18.7 Å². The van der Waals surface area contributed by atoms with E-state index >= 15 is 0 Å². The number of carbonyl (C=O) groups excluding carboxylic acids is 1. The second kappa shape index (κ2) is 11.4. The van der Waals surface area contributed by atoms with E-state index in [0.717, 1.165) is 18.4 Å². The minimum absolute atomic E-state index is 0.132. The van der Waals surface area contributed by atoms with Crippen molar-refractivity contribution in [2.75, 3.05) is 6.54 Å². The van der Waals surface area contributed by atoms with E-state index in [4.69, 9.17) is 8.22 Å². The van der Waals surface area contributed by atoms with Crippen molar-refractivity contribution in [1.82, 2.24) is 25.0 Å². The van der Waals surface area contributed by atoms with E-state index in [2.05, 4.69) is 20.4 Å². The number of fused-ring (bicyclic) bond motifs is 2. The molecular weight excluding hydrogens is 488 g/mol. The summed E-state index contributed by atoms with van der Waals surface area (Å²) in [6.45, 7) is -5.48. The molecule has 1 aliphatic carbocycles. The van der Waals surface area contributed by atoms with Gasteiger partial charge in [-0.2, -0.15) is 0 Å². The molecule has 2 aromatic rings. The van der Waals surface area contributed by atoms with Gasteiger partial charge in [0.05, 0.1) is 6.04 Å². The molecule has 3 heterocycles. The molecule has 2 saturated heterocycles. The number of halogens is 2. The van der Waals surface area contributed by atoms with E-state index < -0.39 is 38.1 Å². The molecule has 1 unspecified atom stereocenters. The topological polar surface area (TPSA) is 83.3 Å². The smallest absolute Gasteiger partial charge is 0.248 e. The molecule has 1 amide bonds. The summed E-state index contributed by atoms with van der Waals surface area (Å²) in [6, 6.07) is 9.34. The summed E-state index contributed by atoms with van der Waals surface area (Å²) in [6.07, 6.45) is 3.46. The van der Waals surface area contributed by atoms with Gasteiger partial charge >= 0.3 is 0 Å². The summed E-state index contributed by atoms with van der Waals surface area (Å²) in [7, 11) is 0. The Balaban J connectivity index is 1.30. The van der Waals surface area contributed by atoms with Crippen LogP contribution in [0.1, 0.15) is 115 Å². The first-order valence-corrected chi connectivity index (χ1v) is 13.7. The zero-order chi connectivity index (χ0) is 31.9. The minimum atomic E-state index is -2.84. The van der Waals surface area contributed by atoms with Crippen molar-refractivity contribution >= 4 is 5.91 Å². The van der Waals surface area contributed by atoms with E-state index in [1.54, 1.807) is 4.57 Å². The third-order valence-corrected chi connectivity index (χ3v) is 8.70. The molecule has 1 saturated carbocycles. The molecule has 2 aliphatic heterocycles. The Morgan fingerprint density at radius 2 is 1.79 bits per heavy atom. The number of aliphatic hydroxyl groups excluding tert-OH is 1. The van der Waals surface area contributed by atoms with Gasteiger partial charge in [-0.25, -0.2) is 8.78 Å². The van der Waals surface area contributed by atoms with Gasteiger partial charge in [-0.15, -0.1) is 10.2 Å². The predicted octanol–water partition coefficient (Wildman–Crippen LogP) is 5.13. The van der Waals surface area contributed by atoms with Crippen LogP contribution in [0.15, 0.2) is 30.3 Å². The van der Waals surface area contributed by atoms with Gasteiger partial charge in [-0.05, 0) is 50.5 Å². The molecule has 7 nitrogen and oxygen atoms in total. The molecule has 0 radical (unpaired) electrons. The predicted molar refractivity (Wildman–Crippen MR) is 141 cm³/mol. The lowest BCUT2D eigenvalue weighted by Crippen LogP contribution is -2.45. The van der Waals surface area contributed by atoms with Crippen LogP contribution in [-0.2, 0) is 11.4 Å². The Morgan fingerprint density at radius 3 is 2.42 bits per heavy atom. The Kier molecular flexibility index (Phi) is 6.14. The monoisotopic (exact) mass is 535 g/mol. The van der Waals surface area contributed by atoms with Crippen LogP contribution in [0.25, 0.3) is 0 Å². The highest BCUT2D eigenvalue weighted by Crippen LogP contribution is 2.43. The largest absolute Gasteiger partial charge is 0.388 e. The number of amides is 1. The third kappa shape index (κ3) is 5.78. The van der Waals surface area contributed by atoms with Crippen molar-refractivity contribution < 1.29 is 26.9 Å². The van der Waals surface area contributed by atoms with Crippen LogP contribution in [-0.4, -0.2) is 55.2 Å². The van der Waals surface area contributed by atoms with Crippen molar-refractivity contribution in [3.05, 3.63) is 47.5 Å². The molecular formula is C29H41F2N5O2. The summed E-state index contributed by atoms with van der Waals surface area (Å²) in [4.78, 5) is 15.6. The van der Waals surface area contributed by atoms with Crippen LogP contribution in [0, 0.1) is 5.92 Å². The number of nitrogens with zero attached hydrogens (tertiary/aromatic N) is 4. The molecule has 1 aromatic carbocycles. The number of hydrogen-bond acceptors (Lipinski definition) is 5. The maximum absolute atomic E-state index is 13.7. The second-order valence-corrected chi connectivity index (χ2v) is 11.1. The maximum Gasteiger partial charge on any atom is 0.248 e. The van der Waals surface area contributed by atoms with Crippen molar-refractivity contribution in [2.24, 2.45) is 5.92 Å². The highest BCUT2D eigenvalue weighted by Gasteiger charge is 2.43. The summed E-state index contributed by atoms with van der Waals surface area (Å²) >= 11 is 0. The van der Waals surface area contributed by atoms with Crippen LogP contribution >= 0.6 is 0 Å². The molecule has 9 heteroatoms. The fourth-order valence-electron chi connectivity index (χ4n) is 6.74. The van der Waals surface area contributed by atoms with Crippen LogP contribution in [0.2, 0.25) is 0 Å². The first kappa shape index (κ1) is 20.5. The quantitative estimate of drug-likeness (QED) is 0.465. The van der Waals surface area contributed by atoms with E-state index in [1.807, 2.05) is 30.3 Å². The Hall–Kier alpha value is -2.39. The number of aliphatic hydroxyl groups is 1. The summed E-state index contributed by atoms with van der Waals surface area (Å²) < 4.78 is 76.6. The van der Waals surface area contributed by atoms with Crippen LogP contribution in [0.5, 0.6) is 0 Å². The van der Waals surface area contributed by atoms with Gasteiger partial charge in [0, 0.05) is 57.6 Å². The number of alkyl halides is 2. The fourth-order valence-corrected chi connectivity index (χ4v) is 6.74. The number of carbonyl (C=O) groups is 1. The van der Waals surface area contributed by atoms with Gasteiger partial charge in [-0.3, -0.25) is 9.69 Å². The minimum Gasteiger partial charge on any atom is -0.388 e. The molecule has 2 N–H and O–H groups in total. The van der Waals surface area contributed by atoms with E-state index in [1.165, 1.54) is 0 Å². The Labute approximate surface area is 232 Å². The zero-order valence-corrected chi connectivity index (χ0v) is 21.5. The van der Waals surface area contributed by atoms with Gasteiger partial charge < -0.3 is 15.0 Å². The van der Waals surface area contributed by atoms with Crippen LogP contribution in [0.3, 0.4) is 0 Å². The molecule has 4 atom stereocenters. The average Bonchev–Trinajstić information content (AvgIpc) is 3.45. The summed E-state index contributed by atoms with van der Waals surface area (Å²) in [5, 5.41) is 21.1. The van der Waals surface area contributed by atoms with Crippen molar-refractivity contribution in [3.8, 4) is 0 Å². The summed E-state index contributed by atoms with van der Waals surface area (Å²) in [5.41, 5.74) is 0.950. The highest BCUT2D eigenvalue weighted by molar-refractivity contribution is 5.79. The van der Waals surface area contributed by atoms with Crippen molar-refractivity contribution in [3.63, 3.8) is 0 Å². The van der Waals surface area contributed by atoms with Gasteiger partial charge in [0.1, 0.15) is 12.4 Å². The second-order valence-electron chi connectivity index (χ2n) is 11.1. The van der Waals surface area contributed by atoms with Gasteiger partial charge in [0.2, 0.25) is 11.8 Å². The molecule has 3 aliphatic rings. The molecule has 208 valence electrons. The van der Waals surface area contributed by atoms with Crippen LogP contribution < -0.4 is 5.32 Å². The number of rotatable bonds is 9. The SMILES string of the molecule is [2H]C([2H])([2H])C(c1nnc(CO)n1C1C[C@H]2CC[C@@H](C1)N2CC[C@H](NC(=O)C1CCC(F)(F)CC1)c1ccccc1)C([2H])([2H])[2H]. The van der Waals surface area contributed by atoms with Gasteiger partial charge in [0.25, 0.3) is 0 Å². The first-order chi connectivity index (χ1) is 20.7. The van der Waals surface area contributed by atoms with Gasteiger partial charge in [0.15, 0.2) is 5.82 Å². The first-order valence-electron chi connectivity index (χ1n) is 16.7. The molecule has 0 spiro atoms. The molecule has 5 rings (SSSR count). The standard InChI is InChI=1S/C29H41F2N5O2/c1-19(2)27-34-33-26(18-37)36(27)24-16-22-8-9-23(17-24)35(22)15-12-25(20-6-4-3-5-7-20)32-28(38)21-10-13-29(30,31)14-11-21/h3-7,19,21-25,37H,8-18H2,1-2H3,(H,32,38)/t22-,23+,24?,25-/m0/s1/i1D3,2D3. The van der Waals surface area contributed by atoms with Crippen molar-refractivity contribution in [1.29, 1.82) is 0 Å². The van der Waals surface area contributed by atoms with E-state index in [-0.39, 0.29) is 67.4 Å². The Morgan fingerprint density at radius 1 is 1.11 bits per heavy atom. The highest BCUT2D eigenvalue weighted by atomic mass is 19.3. The molecule has 38 heavy (non-hydrogen) atoms. The normalized spacial score (nSPS) is 29.5. The Bertz CT molecular complexity index is 1250. The van der Waals surface area contributed by atoms with E-state index in [0.29, 0.717) is 25.8 Å². The van der Waals surface area contributed by atoms with Gasteiger partial charge in [-0.1, -0.05) is 44.0 Å².